The molecular weight excluding hydrogens is 394 g/mol. The first-order valence-electron chi connectivity index (χ1n) is 10.0. The van der Waals surface area contributed by atoms with Gasteiger partial charge in [0, 0.05) is 23.0 Å². The van der Waals surface area contributed by atoms with Gasteiger partial charge in [-0.15, -0.1) is 5.10 Å². The van der Waals surface area contributed by atoms with E-state index in [4.69, 9.17) is 4.74 Å². The summed E-state index contributed by atoms with van der Waals surface area (Å²) in [7, 11) is 0. The number of rotatable bonds is 6. The van der Waals surface area contributed by atoms with E-state index in [1.807, 2.05) is 38.1 Å². The molecule has 31 heavy (non-hydrogen) atoms. The highest BCUT2D eigenvalue weighted by Crippen LogP contribution is 2.20. The van der Waals surface area contributed by atoms with Crippen LogP contribution in [0.15, 0.2) is 59.4 Å². The summed E-state index contributed by atoms with van der Waals surface area (Å²) in [6.07, 6.45) is 0. The molecule has 0 atom stereocenters. The Bertz CT molecular complexity index is 1310. The van der Waals surface area contributed by atoms with E-state index in [-0.39, 0.29) is 18.0 Å². The van der Waals surface area contributed by atoms with E-state index in [0.717, 1.165) is 16.9 Å². The Morgan fingerprint density at radius 2 is 1.84 bits per heavy atom. The fourth-order valence-electron chi connectivity index (χ4n) is 3.38. The van der Waals surface area contributed by atoms with Gasteiger partial charge >= 0.3 is 0 Å². The molecule has 0 spiro atoms. The van der Waals surface area contributed by atoms with Crippen molar-refractivity contribution in [3.8, 4) is 17.1 Å². The number of aryl methyl sites for hydroxylation is 2. The molecule has 0 saturated carbocycles. The van der Waals surface area contributed by atoms with Gasteiger partial charge in [0.25, 0.3) is 5.56 Å². The minimum absolute atomic E-state index is 0.00523. The Morgan fingerprint density at radius 3 is 2.55 bits per heavy atom. The van der Waals surface area contributed by atoms with Crippen LogP contribution in [0.25, 0.3) is 17.2 Å². The standard InChI is InChI=1S/C23H23N5O3/c1-4-31-18-11-9-17(10-12-18)24-20(29)14-27-16(3)13-21(30)28-23(27)25-22(26-28)19-8-6-5-7-15(19)2/h5-13H,4,14H2,1-3H3,(H,24,29). The number of amides is 1. The number of benzene rings is 2. The monoisotopic (exact) mass is 417 g/mol. The van der Waals surface area contributed by atoms with Crippen LogP contribution >= 0.6 is 0 Å². The van der Waals surface area contributed by atoms with Crippen LogP contribution in [0.1, 0.15) is 18.2 Å². The van der Waals surface area contributed by atoms with Gasteiger partial charge < -0.3 is 14.6 Å². The Kier molecular flexibility index (Phi) is 5.53. The molecule has 0 unspecified atom stereocenters. The van der Waals surface area contributed by atoms with Crippen molar-refractivity contribution in [1.29, 1.82) is 0 Å². The molecule has 158 valence electrons. The van der Waals surface area contributed by atoms with Gasteiger partial charge in [-0.1, -0.05) is 24.3 Å². The van der Waals surface area contributed by atoms with Crippen LogP contribution in [0.3, 0.4) is 0 Å². The molecule has 0 aliphatic heterocycles. The molecule has 4 rings (SSSR count). The Morgan fingerprint density at radius 1 is 1.10 bits per heavy atom. The zero-order valence-corrected chi connectivity index (χ0v) is 17.6. The molecule has 2 aromatic heterocycles. The quantitative estimate of drug-likeness (QED) is 0.520. The predicted molar refractivity (Wildman–Crippen MR) is 118 cm³/mol. The second-order valence-electron chi connectivity index (χ2n) is 7.18. The van der Waals surface area contributed by atoms with Crippen LogP contribution in [-0.2, 0) is 11.3 Å². The highest BCUT2D eigenvalue weighted by atomic mass is 16.5. The number of nitrogens with one attached hydrogen (secondary N) is 1. The lowest BCUT2D eigenvalue weighted by atomic mass is 10.1. The summed E-state index contributed by atoms with van der Waals surface area (Å²) >= 11 is 0. The Hall–Kier alpha value is -3.94. The van der Waals surface area contributed by atoms with Crippen LogP contribution in [0.2, 0.25) is 0 Å². The summed E-state index contributed by atoms with van der Waals surface area (Å²) in [6, 6.07) is 16.3. The van der Waals surface area contributed by atoms with Crippen molar-refractivity contribution in [2.24, 2.45) is 0 Å². The number of hydrogen-bond acceptors (Lipinski definition) is 5. The Balaban J connectivity index is 1.64. The van der Waals surface area contributed by atoms with E-state index < -0.39 is 0 Å². The van der Waals surface area contributed by atoms with Gasteiger partial charge in [-0.3, -0.25) is 9.59 Å². The topological polar surface area (TPSA) is 90.5 Å². The summed E-state index contributed by atoms with van der Waals surface area (Å²) in [6.45, 7) is 6.22. The molecule has 0 aliphatic carbocycles. The van der Waals surface area contributed by atoms with Gasteiger partial charge in [-0.05, 0) is 50.6 Å². The maximum Gasteiger partial charge on any atom is 0.275 e. The maximum atomic E-state index is 12.7. The highest BCUT2D eigenvalue weighted by molar-refractivity contribution is 5.90. The zero-order valence-electron chi connectivity index (χ0n) is 17.6. The molecule has 0 fully saturated rings. The summed E-state index contributed by atoms with van der Waals surface area (Å²) in [5.74, 6) is 1.27. The number of ether oxygens (including phenoxy) is 1. The van der Waals surface area contributed by atoms with Gasteiger partial charge in [0.1, 0.15) is 12.3 Å². The molecule has 0 aliphatic rings. The number of hydrogen-bond donors (Lipinski definition) is 1. The van der Waals surface area contributed by atoms with Crippen molar-refractivity contribution in [1.82, 2.24) is 19.2 Å². The largest absolute Gasteiger partial charge is 0.494 e. The fraction of sp³-hybridized carbons (Fsp3) is 0.217. The van der Waals surface area contributed by atoms with Crippen molar-refractivity contribution in [2.75, 3.05) is 11.9 Å². The normalized spacial score (nSPS) is 10.9. The number of nitrogens with zero attached hydrogens (tertiary/aromatic N) is 4. The summed E-state index contributed by atoms with van der Waals surface area (Å²) in [5, 5.41) is 7.25. The van der Waals surface area contributed by atoms with Gasteiger partial charge in [-0.25, -0.2) is 0 Å². The number of fused-ring (bicyclic) bond motifs is 1. The fourth-order valence-corrected chi connectivity index (χ4v) is 3.38. The van der Waals surface area contributed by atoms with E-state index >= 15 is 0 Å². The molecule has 8 nitrogen and oxygen atoms in total. The molecule has 1 N–H and O–H groups in total. The first kappa shape index (κ1) is 20.3. The lowest BCUT2D eigenvalue weighted by Crippen LogP contribution is -2.25. The minimum atomic E-state index is -0.289. The molecule has 0 saturated heterocycles. The summed E-state index contributed by atoms with van der Waals surface area (Å²) < 4.78 is 8.34. The molecule has 0 radical (unpaired) electrons. The van der Waals surface area contributed by atoms with Crippen LogP contribution in [-0.4, -0.2) is 31.7 Å². The Labute approximate surface area is 179 Å². The van der Waals surface area contributed by atoms with E-state index in [2.05, 4.69) is 15.4 Å². The smallest absolute Gasteiger partial charge is 0.275 e. The molecule has 2 heterocycles. The van der Waals surface area contributed by atoms with Gasteiger partial charge in [-0.2, -0.15) is 9.50 Å². The number of carbonyl (C=O) groups is 1. The van der Waals surface area contributed by atoms with E-state index in [0.29, 0.717) is 29.6 Å². The van der Waals surface area contributed by atoms with Crippen LogP contribution in [0, 0.1) is 13.8 Å². The van der Waals surface area contributed by atoms with E-state index in [9.17, 15) is 9.59 Å². The molecule has 1 amide bonds. The first-order valence-corrected chi connectivity index (χ1v) is 10.0. The van der Waals surface area contributed by atoms with Gasteiger partial charge in [0.2, 0.25) is 11.7 Å². The third-order valence-corrected chi connectivity index (χ3v) is 4.94. The SMILES string of the molecule is CCOc1ccc(NC(=O)Cn2c(C)cc(=O)n3nc(-c4ccccc4C)nc23)cc1. The predicted octanol–water partition coefficient (Wildman–Crippen LogP) is 3.21. The third-order valence-electron chi connectivity index (χ3n) is 4.94. The number of carbonyl (C=O) groups excluding carboxylic acids is 1. The lowest BCUT2D eigenvalue weighted by molar-refractivity contribution is -0.116. The lowest BCUT2D eigenvalue weighted by Gasteiger charge is -2.12. The second kappa shape index (κ2) is 8.43. The number of anilines is 1. The maximum absolute atomic E-state index is 12.7. The van der Waals surface area contributed by atoms with E-state index in [1.165, 1.54) is 10.6 Å². The van der Waals surface area contributed by atoms with Crippen molar-refractivity contribution in [3.63, 3.8) is 0 Å². The summed E-state index contributed by atoms with van der Waals surface area (Å²) in [4.78, 5) is 29.8. The average molecular weight is 417 g/mol. The average Bonchev–Trinajstić information content (AvgIpc) is 3.19. The van der Waals surface area contributed by atoms with Crippen LogP contribution < -0.4 is 15.6 Å². The molecular formula is C23H23N5O3. The van der Waals surface area contributed by atoms with Crippen molar-refractivity contribution < 1.29 is 9.53 Å². The van der Waals surface area contributed by atoms with Crippen molar-refractivity contribution in [2.45, 2.75) is 27.3 Å². The van der Waals surface area contributed by atoms with Gasteiger partial charge in [0.05, 0.1) is 6.61 Å². The first-order chi connectivity index (χ1) is 15.0. The second-order valence-corrected chi connectivity index (χ2v) is 7.18. The minimum Gasteiger partial charge on any atom is -0.494 e. The molecule has 8 heteroatoms. The summed E-state index contributed by atoms with van der Waals surface area (Å²) in [5.41, 5.74) is 2.84. The highest BCUT2D eigenvalue weighted by Gasteiger charge is 2.16. The molecule has 0 bridgehead atoms. The van der Waals surface area contributed by atoms with Gasteiger partial charge in [0.15, 0.2) is 5.82 Å². The van der Waals surface area contributed by atoms with Crippen molar-refractivity contribution in [3.05, 3.63) is 76.2 Å². The van der Waals surface area contributed by atoms with Crippen LogP contribution in [0.5, 0.6) is 5.75 Å². The zero-order chi connectivity index (χ0) is 22.0. The molecule has 4 aromatic rings. The van der Waals surface area contributed by atoms with Crippen LogP contribution in [0.4, 0.5) is 5.69 Å². The number of aromatic nitrogens is 4. The molecule has 2 aromatic carbocycles. The van der Waals surface area contributed by atoms with E-state index in [1.54, 1.807) is 35.8 Å². The third kappa shape index (κ3) is 4.18. The van der Waals surface area contributed by atoms with Crippen molar-refractivity contribution >= 4 is 17.4 Å².